The number of anilines is 1. The number of carbonyl (C=O) groups excluding carboxylic acids is 1. The van der Waals surface area contributed by atoms with Gasteiger partial charge in [-0.2, -0.15) is 0 Å². The summed E-state index contributed by atoms with van der Waals surface area (Å²) < 4.78 is 18.2. The van der Waals surface area contributed by atoms with Gasteiger partial charge in [0, 0.05) is 11.4 Å². The molecular formula is C19H18FN3O3S. The molecule has 6 nitrogen and oxygen atoms in total. The van der Waals surface area contributed by atoms with Crippen molar-refractivity contribution in [1.29, 1.82) is 0 Å². The van der Waals surface area contributed by atoms with Crippen molar-refractivity contribution in [3.05, 3.63) is 65.1 Å². The van der Waals surface area contributed by atoms with E-state index in [1.807, 2.05) is 0 Å². The van der Waals surface area contributed by atoms with Gasteiger partial charge in [-0.15, -0.1) is 0 Å². The number of aromatic hydroxyl groups is 1. The molecule has 1 aliphatic heterocycles. The molecule has 0 saturated carbocycles. The quantitative estimate of drug-likeness (QED) is 0.604. The van der Waals surface area contributed by atoms with Gasteiger partial charge in [0.2, 0.25) is 0 Å². The molecular weight excluding hydrogens is 369 g/mol. The number of hydrogen-bond acceptors (Lipinski definition) is 4. The lowest BCUT2D eigenvalue weighted by Gasteiger charge is -2.30. The average Bonchev–Trinajstić information content (AvgIpc) is 2.63. The minimum absolute atomic E-state index is 0.00391. The van der Waals surface area contributed by atoms with E-state index < -0.39 is 6.04 Å². The first-order valence-electron chi connectivity index (χ1n) is 8.11. The normalized spacial score (nSPS) is 16.4. The molecule has 8 heteroatoms. The summed E-state index contributed by atoms with van der Waals surface area (Å²) in [6.45, 7) is 1.75. The van der Waals surface area contributed by atoms with Gasteiger partial charge in [0.25, 0.3) is 5.91 Å². The van der Waals surface area contributed by atoms with E-state index in [9.17, 15) is 14.3 Å². The second-order valence-corrected chi connectivity index (χ2v) is 6.37. The fraction of sp³-hybridized carbons (Fsp3) is 0.158. The van der Waals surface area contributed by atoms with Crippen LogP contribution in [0.5, 0.6) is 11.5 Å². The number of phenols is 1. The Morgan fingerprint density at radius 2 is 1.96 bits per heavy atom. The van der Waals surface area contributed by atoms with Crippen molar-refractivity contribution in [2.75, 3.05) is 12.4 Å². The minimum Gasteiger partial charge on any atom is -0.504 e. The highest BCUT2D eigenvalue weighted by Gasteiger charge is 2.30. The van der Waals surface area contributed by atoms with Crippen LogP contribution in [0.25, 0.3) is 0 Å². The first-order valence-corrected chi connectivity index (χ1v) is 8.52. The van der Waals surface area contributed by atoms with Crippen molar-refractivity contribution >= 4 is 28.9 Å². The van der Waals surface area contributed by atoms with Gasteiger partial charge in [-0.3, -0.25) is 4.79 Å². The number of rotatable bonds is 4. The van der Waals surface area contributed by atoms with E-state index in [1.165, 1.54) is 37.4 Å². The van der Waals surface area contributed by atoms with Gasteiger partial charge in [0.1, 0.15) is 5.82 Å². The summed E-state index contributed by atoms with van der Waals surface area (Å²) in [5, 5.41) is 19.0. The molecule has 0 spiro atoms. The fourth-order valence-electron chi connectivity index (χ4n) is 2.85. The monoisotopic (exact) mass is 387 g/mol. The zero-order valence-electron chi connectivity index (χ0n) is 14.7. The van der Waals surface area contributed by atoms with Gasteiger partial charge < -0.3 is 25.8 Å². The number of nitrogens with one attached hydrogen (secondary N) is 3. The van der Waals surface area contributed by atoms with Gasteiger partial charge in [0.15, 0.2) is 16.6 Å². The van der Waals surface area contributed by atoms with Gasteiger partial charge in [-0.1, -0.05) is 6.07 Å². The lowest BCUT2D eigenvalue weighted by Crippen LogP contribution is -2.45. The van der Waals surface area contributed by atoms with E-state index in [1.54, 1.807) is 19.1 Å². The third-order valence-electron chi connectivity index (χ3n) is 4.15. The lowest BCUT2D eigenvalue weighted by molar-refractivity contribution is -0.113. The fourth-order valence-corrected chi connectivity index (χ4v) is 3.12. The van der Waals surface area contributed by atoms with Crippen molar-refractivity contribution in [2.24, 2.45) is 0 Å². The number of phenolic OH excluding ortho intramolecular Hbond substituents is 1. The number of halogens is 1. The minimum atomic E-state index is -0.548. The zero-order chi connectivity index (χ0) is 19.6. The molecule has 3 rings (SSSR count). The number of ether oxygens (including phenoxy) is 1. The molecule has 0 aromatic heterocycles. The summed E-state index contributed by atoms with van der Waals surface area (Å²) in [5.74, 6) is -0.465. The first-order chi connectivity index (χ1) is 12.9. The van der Waals surface area contributed by atoms with Crippen molar-refractivity contribution in [2.45, 2.75) is 13.0 Å². The van der Waals surface area contributed by atoms with Crippen molar-refractivity contribution < 1.29 is 19.0 Å². The molecule has 2 aromatic carbocycles. The average molecular weight is 387 g/mol. The van der Waals surface area contributed by atoms with Crippen molar-refractivity contribution in [3.63, 3.8) is 0 Å². The van der Waals surface area contributed by atoms with Crippen LogP contribution < -0.4 is 20.7 Å². The molecule has 1 unspecified atom stereocenters. The molecule has 2 aromatic rings. The molecule has 4 N–H and O–H groups in total. The van der Waals surface area contributed by atoms with Crippen LogP contribution in [-0.4, -0.2) is 23.2 Å². The summed E-state index contributed by atoms with van der Waals surface area (Å²) in [6.07, 6.45) is 0. The Bertz CT molecular complexity index is 928. The lowest BCUT2D eigenvalue weighted by atomic mass is 9.94. The number of methoxy groups -OCH3 is 1. The van der Waals surface area contributed by atoms with Crippen LogP contribution in [-0.2, 0) is 4.79 Å². The van der Waals surface area contributed by atoms with Crippen LogP contribution in [0.1, 0.15) is 18.5 Å². The molecule has 1 aliphatic rings. The maximum absolute atomic E-state index is 13.1. The highest BCUT2D eigenvalue weighted by Crippen LogP contribution is 2.33. The van der Waals surface area contributed by atoms with Gasteiger partial charge in [0.05, 0.1) is 18.7 Å². The Balaban J connectivity index is 1.96. The van der Waals surface area contributed by atoms with E-state index in [0.29, 0.717) is 27.6 Å². The van der Waals surface area contributed by atoms with E-state index in [-0.39, 0.29) is 23.2 Å². The maximum Gasteiger partial charge on any atom is 0.255 e. The Morgan fingerprint density at radius 1 is 1.26 bits per heavy atom. The molecule has 1 amide bonds. The highest BCUT2D eigenvalue weighted by molar-refractivity contribution is 7.80. The van der Waals surface area contributed by atoms with Crippen LogP contribution in [0.2, 0.25) is 0 Å². The largest absolute Gasteiger partial charge is 0.504 e. The second kappa shape index (κ2) is 7.63. The molecule has 1 atom stereocenters. The summed E-state index contributed by atoms with van der Waals surface area (Å²) in [4.78, 5) is 12.9. The maximum atomic E-state index is 13.1. The van der Waals surface area contributed by atoms with E-state index >= 15 is 0 Å². The summed E-state index contributed by atoms with van der Waals surface area (Å²) >= 11 is 5.22. The summed E-state index contributed by atoms with van der Waals surface area (Å²) in [6, 6.07) is 9.77. The molecule has 0 saturated heterocycles. The van der Waals surface area contributed by atoms with Gasteiger partial charge in [-0.25, -0.2) is 4.39 Å². The topological polar surface area (TPSA) is 82.6 Å². The molecule has 140 valence electrons. The van der Waals surface area contributed by atoms with Crippen LogP contribution >= 0.6 is 12.2 Å². The molecule has 0 bridgehead atoms. The van der Waals surface area contributed by atoms with Crippen LogP contribution in [0.15, 0.2) is 53.7 Å². The highest BCUT2D eigenvalue weighted by atomic mass is 32.1. The van der Waals surface area contributed by atoms with Gasteiger partial charge >= 0.3 is 0 Å². The van der Waals surface area contributed by atoms with Crippen LogP contribution in [0.4, 0.5) is 10.1 Å². The number of carbonyl (C=O) groups is 1. The summed E-state index contributed by atoms with van der Waals surface area (Å²) in [7, 11) is 1.45. The van der Waals surface area contributed by atoms with E-state index in [2.05, 4.69) is 16.0 Å². The van der Waals surface area contributed by atoms with Crippen LogP contribution in [0.3, 0.4) is 0 Å². The predicted octanol–water partition coefficient (Wildman–Crippen LogP) is 2.97. The molecule has 1 heterocycles. The standard InChI is InChI=1S/C19H18FN3O3S/c1-10-16(18(25)22-13-6-4-12(20)5-7-13)17(23-19(27)21-10)11-3-8-14(24)15(9-11)26-2/h3-9,17,24H,1-2H3,(H,22,25)(H2,21,23,27). The number of thiocarbonyl (C=S) groups is 1. The van der Waals surface area contributed by atoms with Crippen molar-refractivity contribution in [1.82, 2.24) is 10.6 Å². The number of amides is 1. The van der Waals surface area contributed by atoms with Gasteiger partial charge in [-0.05, 0) is 61.1 Å². The first kappa shape index (κ1) is 18.7. The molecule has 27 heavy (non-hydrogen) atoms. The third kappa shape index (κ3) is 4.01. The Labute approximate surface area is 161 Å². The zero-order valence-corrected chi connectivity index (χ0v) is 15.5. The predicted molar refractivity (Wildman–Crippen MR) is 104 cm³/mol. The Morgan fingerprint density at radius 3 is 2.63 bits per heavy atom. The molecule has 0 aliphatic carbocycles. The third-order valence-corrected chi connectivity index (χ3v) is 4.37. The molecule has 0 radical (unpaired) electrons. The number of benzene rings is 2. The van der Waals surface area contributed by atoms with E-state index in [0.717, 1.165) is 0 Å². The van der Waals surface area contributed by atoms with Crippen molar-refractivity contribution in [3.8, 4) is 11.5 Å². The smallest absolute Gasteiger partial charge is 0.255 e. The number of hydrogen-bond donors (Lipinski definition) is 4. The molecule has 0 fully saturated rings. The second-order valence-electron chi connectivity index (χ2n) is 5.96. The van der Waals surface area contributed by atoms with E-state index in [4.69, 9.17) is 17.0 Å². The SMILES string of the molecule is COc1cc(C2NC(=S)NC(C)=C2C(=O)Nc2ccc(F)cc2)ccc1O. The Kier molecular flexibility index (Phi) is 5.27. The number of allylic oxidation sites excluding steroid dienone is 1. The van der Waals surface area contributed by atoms with Crippen LogP contribution in [0, 0.1) is 5.82 Å². The summed E-state index contributed by atoms with van der Waals surface area (Å²) in [5.41, 5.74) is 2.17. The Hall–Kier alpha value is -3.13.